The number of hydrogen-bond acceptors (Lipinski definition) is 4. The van der Waals surface area contributed by atoms with Gasteiger partial charge in [-0.2, -0.15) is 11.8 Å². The zero-order chi connectivity index (χ0) is 11.5. The van der Waals surface area contributed by atoms with Crippen LogP contribution in [0.3, 0.4) is 0 Å². The number of anilines is 1. The first-order valence-corrected chi connectivity index (χ1v) is 7.31. The van der Waals surface area contributed by atoms with Crippen molar-refractivity contribution in [2.75, 3.05) is 11.6 Å². The molecule has 0 radical (unpaired) electrons. The summed E-state index contributed by atoms with van der Waals surface area (Å²) in [5.74, 6) is 0.649. The largest absolute Gasteiger partial charge is 0.366 e. The van der Waals surface area contributed by atoms with Crippen molar-refractivity contribution < 1.29 is 0 Å². The highest BCUT2D eigenvalue weighted by molar-refractivity contribution is 9.10. The van der Waals surface area contributed by atoms with Gasteiger partial charge in [0.25, 0.3) is 5.56 Å². The molecule has 0 bridgehead atoms. The van der Waals surface area contributed by atoms with E-state index in [0.29, 0.717) is 16.3 Å². The zero-order valence-electron chi connectivity index (χ0n) is 9.00. The van der Waals surface area contributed by atoms with Crippen LogP contribution < -0.4 is 10.9 Å². The Hall–Kier alpha value is -0.490. The summed E-state index contributed by atoms with van der Waals surface area (Å²) in [7, 11) is 0. The monoisotopic (exact) mass is 303 g/mol. The topological polar surface area (TPSA) is 57.8 Å². The van der Waals surface area contributed by atoms with E-state index in [4.69, 9.17) is 0 Å². The van der Waals surface area contributed by atoms with Gasteiger partial charge in [0, 0.05) is 11.3 Å². The molecular weight excluding hydrogens is 290 g/mol. The Morgan fingerprint density at radius 3 is 3.12 bits per heavy atom. The van der Waals surface area contributed by atoms with Crippen molar-refractivity contribution in [2.45, 2.75) is 30.6 Å². The minimum Gasteiger partial charge on any atom is -0.366 e. The van der Waals surface area contributed by atoms with Crippen molar-refractivity contribution in [3.05, 3.63) is 21.2 Å². The average molecular weight is 304 g/mol. The molecule has 2 N–H and O–H groups in total. The molecule has 1 heterocycles. The van der Waals surface area contributed by atoms with Crippen LogP contribution >= 0.6 is 27.7 Å². The van der Waals surface area contributed by atoms with Crippen LogP contribution in [0.2, 0.25) is 0 Å². The molecule has 16 heavy (non-hydrogen) atoms. The van der Waals surface area contributed by atoms with E-state index in [1.807, 2.05) is 11.8 Å². The standard InChI is InChI=1S/C10H14BrN3OS/c1-16-7-3-2-6(4-7)14-9-8(11)10(15)13-5-12-9/h5-7H,2-4H2,1H3,(H2,12,13,14,15). The Bertz CT molecular complexity index is 423. The normalized spacial score (nSPS) is 24.6. The molecule has 0 saturated heterocycles. The minimum atomic E-state index is -0.142. The van der Waals surface area contributed by atoms with Gasteiger partial charge in [-0.1, -0.05) is 0 Å². The summed E-state index contributed by atoms with van der Waals surface area (Å²) in [6.45, 7) is 0. The molecule has 1 aliphatic rings. The first-order valence-electron chi connectivity index (χ1n) is 5.23. The summed E-state index contributed by atoms with van der Waals surface area (Å²) in [6, 6.07) is 0.433. The van der Waals surface area contributed by atoms with E-state index in [0.717, 1.165) is 18.1 Å². The van der Waals surface area contributed by atoms with E-state index in [-0.39, 0.29) is 5.56 Å². The summed E-state index contributed by atoms with van der Waals surface area (Å²) >= 11 is 5.16. The van der Waals surface area contributed by atoms with Crippen LogP contribution in [0.15, 0.2) is 15.6 Å². The van der Waals surface area contributed by atoms with Gasteiger partial charge < -0.3 is 10.3 Å². The lowest BCUT2D eigenvalue weighted by Crippen LogP contribution is -2.20. The summed E-state index contributed by atoms with van der Waals surface area (Å²) < 4.78 is 0.489. The molecule has 1 saturated carbocycles. The summed E-state index contributed by atoms with van der Waals surface area (Å²) in [6.07, 6.45) is 7.10. The highest BCUT2D eigenvalue weighted by Crippen LogP contribution is 2.30. The summed E-state index contributed by atoms with van der Waals surface area (Å²) in [5, 5.41) is 4.06. The van der Waals surface area contributed by atoms with Crippen LogP contribution in [0.1, 0.15) is 19.3 Å². The second kappa shape index (κ2) is 5.23. The lowest BCUT2D eigenvalue weighted by atomic mass is 10.2. The first-order chi connectivity index (χ1) is 7.70. The third-order valence-corrected chi connectivity index (χ3v) is 4.69. The van der Waals surface area contributed by atoms with Gasteiger partial charge in [0.2, 0.25) is 0 Å². The number of rotatable bonds is 3. The molecule has 0 amide bonds. The lowest BCUT2D eigenvalue weighted by molar-refractivity contribution is 0.749. The van der Waals surface area contributed by atoms with E-state index in [9.17, 15) is 4.79 Å². The molecule has 6 heteroatoms. The van der Waals surface area contributed by atoms with Crippen LogP contribution in [0.4, 0.5) is 5.82 Å². The maximum atomic E-state index is 11.3. The van der Waals surface area contributed by atoms with Crippen LogP contribution in [0, 0.1) is 0 Å². The molecule has 4 nitrogen and oxygen atoms in total. The number of H-pyrrole nitrogens is 1. The molecule has 88 valence electrons. The quantitative estimate of drug-likeness (QED) is 0.899. The van der Waals surface area contributed by atoms with Crippen molar-refractivity contribution in [1.29, 1.82) is 0 Å². The second-order valence-electron chi connectivity index (χ2n) is 3.91. The number of nitrogens with one attached hydrogen (secondary N) is 2. The molecular formula is C10H14BrN3OS. The molecule has 2 atom stereocenters. The Balaban J connectivity index is 2.05. The number of aromatic nitrogens is 2. The Morgan fingerprint density at radius 2 is 2.44 bits per heavy atom. The van der Waals surface area contributed by atoms with E-state index in [2.05, 4.69) is 37.5 Å². The molecule has 1 aliphatic carbocycles. The first kappa shape index (κ1) is 12.0. The van der Waals surface area contributed by atoms with E-state index < -0.39 is 0 Å². The number of nitrogens with zero attached hydrogens (tertiary/aromatic N) is 1. The molecule has 1 aromatic heterocycles. The van der Waals surface area contributed by atoms with Gasteiger partial charge >= 0.3 is 0 Å². The van der Waals surface area contributed by atoms with E-state index in [1.165, 1.54) is 12.7 Å². The summed E-state index contributed by atoms with van der Waals surface area (Å²) in [5.41, 5.74) is -0.142. The molecule has 2 rings (SSSR count). The van der Waals surface area contributed by atoms with Crippen molar-refractivity contribution in [2.24, 2.45) is 0 Å². The fraction of sp³-hybridized carbons (Fsp3) is 0.600. The highest BCUT2D eigenvalue weighted by Gasteiger charge is 2.24. The molecule has 0 aromatic carbocycles. The van der Waals surface area contributed by atoms with Crippen molar-refractivity contribution in [3.63, 3.8) is 0 Å². The van der Waals surface area contributed by atoms with Gasteiger partial charge in [-0.15, -0.1) is 0 Å². The molecule has 0 aliphatic heterocycles. The number of aromatic amines is 1. The second-order valence-corrected chi connectivity index (χ2v) is 5.84. The lowest BCUT2D eigenvalue weighted by Gasteiger charge is -2.13. The minimum absolute atomic E-state index is 0.142. The van der Waals surface area contributed by atoms with Crippen molar-refractivity contribution in [1.82, 2.24) is 9.97 Å². The van der Waals surface area contributed by atoms with Crippen LogP contribution in [-0.4, -0.2) is 27.5 Å². The van der Waals surface area contributed by atoms with Gasteiger partial charge in [-0.05, 0) is 41.4 Å². The van der Waals surface area contributed by atoms with Crippen LogP contribution in [0.25, 0.3) is 0 Å². The van der Waals surface area contributed by atoms with Gasteiger partial charge in [-0.3, -0.25) is 4.79 Å². The predicted molar refractivity (Wildman–Crippen MR) is 71.1 cm³/mol. The Morgan fingerprint density at radius 1 is 1.62 bits per heavy atom. The van der Waals surface area contributed by atoms with Gasteiger partial charge in [-0.25, -0.2) is 4.98 Å². The van der Waals surface area contributed by atoms with Crippen molar-refractivity contribution in [3.8, 4) is 0 Å². The smallest absolute Gasteiger partial charge is 0.267 e. The molecule has 0 spiro atoms. The number of hydrogen-bond donors (Lipinski definition) is 2. The predicted octanol–water partition coefficient (Wildman–Crippen LogP) is 2.23. The number of halogens is 1. The zero-order valence-corrected chi connectivity index (χ0v) is 11.4. The third-order valence-electron chi connectivity index (χ3n) is 2.86. The maximum absolute atomic E-state index is 11.3. The fourth-order valence-corrected chi connectivity index (χ4v) is 3.09. The molecule has 1 aromatic rings. The number of thioether (sulfide) groups is 1. The van der Waals surface area contributed by atoms with Crippen molar-refractivity contribution >= 4 is 33.5 Å². The van der Waals surface area contributed by atoms with Gasteiger partial charge in [0.1, 0.15) is 10.3 Å². The highest BCUT2D eigenvalue weighted by atomic mass is 79.9. The van der Waals surface area contributed by atoms with Crippen LogP contribution in [0.5, 0.6) is 0 Å². The average Bonchev–Trinajstić information content (AvgIpc) is 2.73. The van der Waals surface area contributed by atoms with E-state index >= 15 is 0 Å². The van der Waals surface area contributed by atoms with Gasteiger partial charge in [0.05, 0.1) is 6.33 Å². The maximum Gasteiger partial charge on any atom is 0.267 e. The molecule has 1 fully saturated rings. The Labute approximate surface area is 107 Å². The summed E-state index contributed by atoms with van der Waals surface area (Å²) in [4.78, 5) is 18.0. The Kier molecular flexibility index (Phi) is 3.91. The third kappa shape index (κ3) is 2.60. The van der Waals surface area contributed by atoms with Crippen LogP contribution in [-0.2, 0) is 0 Å². The SMILES string of the molecule is CSC1CCC(Nc2nc[nH]c(=O)c2Br)C1. The van der Waals surface area contributed by atoms with E-state index in [1.54, 1.807) is 0 Å². The molecule has 2 unspecified atom stereocenters. The fourth-order valence-electron chi connectivity index (χ4n) is 1.96. The van der Waals surface area contributed by atoms with Gasteiger partial charge in [0.15, 0.2) is 0 Å².